The Hall–Kier alpha value is -1.84. The fraction of sp³-hybridized carbons (Fsp3) is 0.333. The fourth-order valence-corrected chi connectivity index (χ4v) is 2.24. The van der Waals surface area contributed by atoms with Gasteiger partial charge in [0.1, 0.15) is 11.5 Å². The number of furan rings is 1. The number of fused-ring (bicyclic) bond motifs is 1. The van der Waals surface area contributed by atoms with Crippen LogP contribution in [-0.2, 0) is 6.42 Å². The molecule has 0 radical (unpaired) electrons. The highest BCUT2D eigenvalue weighted by Gasteiger charge is 2.29. The molecule has 0 aliphatic heterocycles. The number of hydrogen-bond donors (Lipinski definition) is 1. The molecule has 0 aromatic carbocycles. The van der Waals surface area contributed by atoms with E-state index in [-0.39, 0.29) is 11.7 Å². The summed E-state index contributed by atoms with van der Waals surface area (Å²) < 4.78 is 5.58. The van der Waals surface area contributed by atoms with E-state index in [1.807, 2.05) is 19.1 Å². The zero-order valence-corrected chi connectivity index (χ0v) is 8.99. The number of carbonyl (C=O) groups excluding carboxylic acids is 1. The van der Waals surface area contributed by atoms with Gasteiger partial charge in [0.25, 0.3) is 0 Å². The number of H-pyrrole nitrogens is 1. The standard InChI is InChI=1S/C12H12N2O2/c1-7-2-3-12(16-7)8-4-10-9(6-13-14-10)11(15)5-8/h2-3,6,8H,4-5H2,1H3,(H,13,14). The molecule has 0 saturated heterocycles. The Morgan fingerprint density at radius 1 is 1.44 bits per heavy atom. The van der Waals surface area contributed by atoms with Gasteiger partial charge in [-0.25, -0.2) is 0 Å². The molecule has 2 aromatic rings. The van der Waals surface area contributed by atoms with Crippen LogP contribution >= 0.6 is 0 Å². The quantitative estimate of drug-likeness (QED) is 0.795. The zero-order chi connectivity index (χ0) is 11.1. The zero-order valence-electron chi connectivity index (χ0n) is 8.99. The molecule has 16 heavy (non-hydrogen) atoms. The summed E-state index contributed by atoms with van der Waals surface area (Å²) in [6.45, 7) is 1.91. The predicted octanol–water partition coefficient (Wildman–Crippen LogP) is 2.22. The minimum absolute atomic E-state index is 0.147. The summed E-state index contributed by atoms with van der Waals surface area (Å²) in [6, 6.07) is 3.89. The van der Waals surface area contributed by atoms with E-state index in [1.165, 1.54) is 0 Å². The normalized spacial score (nSPS) is 19.8. The molecule has 2 heterocycles. The van der Waals surface area contributed by atoms with Crippen LogP contribution in [0.1, 0.15) is 39.9 Å². The van der Waals surface area contributed by atoms with Crippen molar-refractivity contribution in [3.8, 4) is 0 Å². The van der Waals surface area contributed by atoms with Gasteiger partial charge in [0, 0.05) is 24.5 Å². The first-order valence-corrected chi connectivity index (χ1v) is 5.36. The number of Topliss-reactive ketones (excluding diaryl/α,β-unsaturated/α-hetero) is 1. The number of aromatic nitrogens is 2. The van der Waals surface area contributed by atoms with Gasteiger partial charge in [0.2, 0.25) is 0 Å². The van der Waals surface area contributed by atoms with Crippen LogP contribution in [0.15, 0.2) is 22.7 Å². The van der Waals surface area contributed by atoms with E-state index in [2.05, 4.69) is 10.2 Å². The van der Waals surface area contributed by atoms with Crippen LogP contribution in [0.5, 0.6) is 0 Å². The maximum absolute atomic E-state index is 11.8. The summed E-state index contributed by atoms with van der Waals surface area (Å²) in [5.74, 6) is 2.08. The predicted molar refractivity (Wildman–Crippen MR) is 57.4 cm³/mol. The van der Waals surface area contributed by atoms with Gasteiger partial charge in [-0.05, 0) is 19.1 Å². The first-order chi connectivity index (χ1) is 7.74. The summed E-state index contributed by atoms with van der Waals surface area (Å²) in [7, 11) is 0. The van der Waals surface area contributed by atoms with E-state index < -0.39 is 0 Å². The van der Waals surface area contributed by atoms with Crippen LogP contribution < -0.4 is 0 Å². The molecular formula is C12H12N2O2. The van der Waals surface area contributed by atoms with Crippen LogP contribution in [0.2, 0.25) is 0 Å². The summed E-state index contributed by atoms with van der Waals surface area (Å²) in [5, 5.41) is 6.79. The van der Waals surface area contributed by atoms with E-state index in [0.717, 1.165) is 29.2 Å². The molecule has 1 unspecified atom stereocenters. The third-order valence-corrected chi connectivity index (χ3v) is 3.06. The molecular weight excluding hydrogens is 204 g/mol. The van der Waals surface area contributed by atoms with Crippen LogP contribution in [0.25, 0.3) is 0 Å². The number of aromatic amines is 1. The van der Waals surface area contributed by atoms with Crippen molar-refractivity contribution in [2.24, 2.45) is 0 Å². The minimum atomic E-state index is 0.147. The molecule has 4 heteroatoms. The van der Waals surface area contributed by atoms with Crippen LogP contribution in [0, 0.1) is 6.92 Å². The Labute approximate surface area is 92.7 Å². The van der Waals surface area contributed by atoms with E-state index in [0.29, 0.717) is 6.42 Å². The third-order valence-electron chi connectivity index (χ3n) is 3.06. The van der Waals surface area contributed by atoms with Crippen molar-refractivity contribution >= 4 is 5.78 Å². The lowest BCUT2D eigenvalue weighted by molar-refractivity contribution is 0.0960. The second kappa shape index (κ2) is 3.33. The molecule has 0 amide bonds. The average Bonchev–Trinajstić information content (AvgIpc) is 2.85. The number of rotatable bonds is 1. The number of nitrogens with one attached hydrogen (secondary N) is 1. The fourth-order valence-electron chi connectivity index (χ4n) is 2.24. The largest absolute Gasteiger partial charge is 0.466 e. The molecule has 0 bridgehead atoms. The lowest BCUT2D eigenvalue weighted by Gasteiger charge is -2.18. The van der Waals surface area contributed by atoms with Crippen molar-refractivity contribution in [3.05, 3.63) is 41.1 Å². The van der Waals surface area contributed by atoms with Crippen molar-refractivity contribution < 1.29 is 9.21 Å². The van der Waals surface area contributed by atoms with Crippen LogP contribution in [-0.4, -0.2) is 16.0 Å². The molecule has 1 aliphatic carbocycles. The lowest BCUT2D eigenvalue weighted by Crippen LogP contribution is -2.17. The van der Waals surface area contributed by atoms with Crippen molar-refractivity contribution in [1.29, 1.82) is 0 Å². The van der Waals surface area contributed by atoms with Gasteiger partial charge in [-0.1, -0.05) is 0 Å². The van der Waals surface area contributed by atoms with Crippen molar-refractivity contribution in [3.63, 3.8) is 0 Å². The van der Waals surface area contributed by atoms with Gasteiger partial charge in [0.05, 0.1) is 11.8 Å². The van der Waals surface area contributed by atoms with Gasteiger partial charge < -0.3 is 4.42 Å². The van der Waals surface area contributed by atoms with E-state index >= 15 is 0 Å². The molecule has 4 nitrogen and oxygen atoms in total. The Balaban J connectivity index is 1.94. The average molecular weight is 216 g/mol. The number of carbonyl (C=O) groups is 1. The summed E-state index contributed by atoms with van der Waals surface area (Å²) in [5.41, 5.74) is 1.66. The molecule has 1 aliphatic rings. The molecule has 1 atom stereocenters. The molecule has 0 fully saturated rings. The number of aryl methyl sites for hydroxylation is 1. The first-order valence-electron chi connectivity index (χ1n) is 5.36. The molecule has 82 valence electrons. The molecule has 1 N–H and O–H groups in total. The highest BCUT2D eigenvalue weighted by atomic mass is 16.3. The number of ketones is 1. The maximum atomic E-state index is 11.8. The van der Waals surface area contributed by atoms with Crippen molar-refractivity contribution in [2.75, 3.05) is 0 Å². The molecule has 0 saturated carbocycles. The Morgan fingerprint density at radius 3 is 3.06 bits per heavy atom. The van der Waals surface area contributed by atoms with E-state index in [4.69, 9.17) is 4.42 Å². The summed E-state index contributed by atoms with van der Waals surface area (Å²) in [4.78, 5) is 11.8. The summed E-state index contributed by atoms with van der Waals surface area (Å²) >= 11 is 0. The Bertz CT molecular complexity index is 539. The smallest absolute Gasteiger partial charge is 0.167 e. The maximum Gasteiger partial charge on any atom is 0.167 e. The van der Waals surface area contributed by atoms with Crippen molar-refractivity contribution in [2.45, 2.75) is 25.7 Å². The van der Waals surface area contributed by atoms with Crippen LogP contribution in [0.4, 0.5) is 0 Å². The molecule has 0 spiro atoms. The second-order valence-electron chi connectivity index (χ2n) is 4.24. The topological polar surface area (TPSA) is 58.9 Å². The first kappa shape index (κ1) is 9.39. The highest BCUT2D eigenvalue weighted by molar-refractivity contribution is 5.98. The number of hydrogen-bond acceptors (Lipinski definition) is 3. The van der Waals surface area contributed by atoms with E-state index in [9.17, 15) is 4.79 Å². The SMILES string of the molecule is Cc1ccc(C2CC(=O)c3cn[nH]c3C2)o1. The number of nitrogens with zero attached hydrogens (tertiary/aromatic N) is 1. The third kappa shape index (κ3) is 1.38. The Morgan fingerprint density at radius 2 is 2.31 bits per heavy atom. The minimum Gasteiger partial charge on any atom is -0.466 e. The van der Waals surface area contributed by atoms with E-state index in [1.54, 1.807) is 6.20 Å². The van der Waals surface area contributed by atoms with Crippen molar-refractivity contribution in [1.82, 2.24) is 10.2 Å². The van der Waals surface area contributed by atoms with Gasteiger partial charge >= 0.3 is 0 Å². The van der Waals surface area contributed by atoms with Gasteiger partial charge in [-0.15, -0.1) is 0 Å². The molecule has 2 aromatic heterocycles. The lowest BCUT2D eigenvalue weighted by atomic mass is 9.86. The van der Waals surface area contributed by atoms with Crippen LogP contribution in [0.3, 0.4) is 0 Å². The Kier molecular flexibility index (Phi) is 1.96. The van der Waals surface area contributed by atoms with Gasteiger partial charge in [0.15, 0.2) is 5.78 Å². The van der Waals surface area contributed by atoms with Gasteiger partial charge in [-0.3, -0.25) is 9.89 Å². The highest BCUT2D eigenvalue weighted by Crippen LogP contribution is 2.32. The monoisotopic (exact) mass is 216 g/mol. The second-order valence-corrected chi connectivity index (χ2v) is 4.24. The van der Waals surface area contributed by atoms with Gasteiger partial charge in [-0.2, -0.15) is 5.10 Å². The molecule has 3 rings (SSSR count). The summed E-state index contributed by atoms with van der Waals surface area (Å²) in [6.07, 6.45) is 2.93.